The lowest BCUT2D eigenvalue weighted by molar-refractivity contribution is -0.120. The molecule has 0 radical (unpaired) electrons. The molecule has 2 aromatic rings. The maximum Gasteiger partial charge on any atom is 0.363 e. The molecule has 172 valence electrons. The summed E-state index contributed by atoms with van der Waals surface area (Å²) in [5.41, 5.74) is -0.282. The monoisotopic (exact) mass is 455 g/mol. The second-order valence-electron chi connectivity index (χ2n) is 7.57. The van der Waals surface area contributed by atoms with Crippen LogP contribution in [-0.2, 0) is 22.6 Å². The topological polar surface area (TPSA) is 85.5 Å². The van der Waals surface area contributed by atoms with Gasteiger partial charge in [0.1, 0.15) is 0 Å². The molecule has 2 heterocycles. The van der Waals surface area contributed by atoms with Crippen LogP contribution in [0.2, 0.25) is 0 Å². The average Bonchev–Trinajstić information content (AvgIpc) is 3.17. The van der Waals surface area contributed by atoms with Crippen LogP contribution in [0.1, 0.15) is 37.2 Å². The third-order valence-electron chi connectivity index (χ3n) is 5.79. The molecule has 3 rings (SSSR count). The molecule has 0 bridgehead atoms. The summed E-state index contributed by atoms with van der Waals surface area (Å²) in [5.74, 6) is -0.0773. The van der Waals surface area contributed by atoms with Crippen LogP contribution in [0.25, 0.3) is 0 Å². The fourth-order valence-corrected chi connectivity index (χ4v) is 4.06. The van der Waals surface area contributed by atoms with Gasteiger partial charge in [0.25, 0.3) is 0 Å². The molecule has 31 heavy (non-hydrogen) atoms. The van der Waals surface area contributed by atoms with Crippen molar-refractivity contribution in [3.63, 3.8) is 0 Å². The van der Waals surface area contributed by atoms with E-state index in [0.29, 0.717) is 52.0 Å². The Morgan fingerprint density at radius 2 is 1.84 bits per heavy atom. The first kappa shape index (κ1) is 20.7. The fraction of sp³-hybridized carbons (Fsp3) is 0.619. The van der Waals surface area contributed by atoms with Crippen LogP contribution in [0.3, 0.4) is 0 Å². The van der Waals surface area contributed by atoms with Gasteiger partial charge in [-0.3, -0.25) is 4.79 Å². The van der Waals surface area contributed by atoms with Crippen molar-refractivity contribution in [1.29, 1.82) is 0 Å². The number of methoxy groups -OCH3 is 1. The Bertz CT molecular complexity index is 974. The molecule has 0 atom stereocenters. The second kappa shape index (κ2) is 11.4. The van der Waals surface area contributed by atoms with Gasteiger partial charge < -0.3 is 14.5 Å². The quantitative estimate of drug-likeness (QED) is 0.573. The van der Waals surface area contributed by atoms with Gasteiger partial charge in [-0.1, -0.05) is 25.1 Å². The molecular weight excluding hydrogens is 420 g/mol. The molecule has 0 spiro atoms. The lowest BCUT2D eigenvalue weighted by atomic mass is 9.85. The molecule has 1 aromatic heterocycles. The zero-order valence-electron chi connectivity index (χ0n) is 21.1. The van der Waals surface area contributed by atoms with E-state index in [2.05, 4.69) is 15.3 Å². The Labute approximate surface area is 193 Å². The molecule has 1 fully saturated rings. The lowest BCUT2D eigenvalue weighted by Gasteiger charge is -2.48. The number of ether oxygens (including phenoxy) is 1. The summed E-state index contributed by atoms with van der Waals surface area (Å²) in [6.07, 6.45) is 1.38. The van der Waals surface area contributed by atoms with Gasteiger partial charge in [-0.15, -0.1) is 12.4 Å². The number of benzene rings is 1. The molecule has 1 aliphatic heterocycles. The lowest BCUT2D eigenvalue weighted by Crippen LogP contribution is -2.60. The first-order valence-electron chi connectivity index (χ1n) is 11.9. The number of carbonyl (C=O) groups is 1. The van der Waals surface area contributed by atoms with Crippen LogP contribution >= 0.6 is 12.4 Å². The van der Waals surface area contributed by atoms with E-state index in [9.17, 15) is 9.59 Å². The zero-order chi connectivity index (χ0) is 24.1. The molecule has 1 aromatic carbocycles. The SMILES string of the molecule is Cl.[2H]C([2H])([2H])OCC1(N(C(=O)CC)c2ccccc2)CCN(CCn2nnn(CC)c2=O)CC1. The molecular formula is C21H33ClN6O3. The third-order valence-corrected chi connectivity index (χ3v) is 5.79. The Morgan fingerprint density at radius 3 is 2.42 bits per heavy atom. The molecule has 1 aliphatic rings. The molecule has 1 amide bonds. The highest BCUT2D eigenvalue weighted by Gasteiger charge is 2.42. The summed E-state index contributed by atoms with van der Waals surface area (Å²) in [7, 11) is -2.55. The largest absolute Gasteiger partial charge is 0.382 e. The first-order chi connectivity index (χ1) is 15.7. The summed E-state index contributed by atoms with van der Waals surface area (Å²) < 4.78 is 30.5. The third kappa shape index (κ3) is 5.53. The molecule has 10 heteroatoms. The summed E-state index contributed by atoms with van der Waals surface area (Å²) in [5, 5.41) is 7.75. The van der Waals surface area contributed by atoms with E-state index < -0.39 is 12.6 Å². The van der Waals surface area contributed by atoms with Gasteiger partial charge in [0.05, 0.1) is 22.8 Å². The fourth-order valence-electron chi connectivity index (χ4n) is 4.06. The van der Waals surface area contributed by atoms with Crippen LogP contribution in [0, 0.1) is 0 Å². The van der Waals surface area contributed by atoms with E-state index >= 15 is 0 Å². The second-order valence-corrected chi connectivity index (χ2v) is 7.57. The minimum atomic E-state index is -2.55. The van der Waals surface area contributed by atoms with Crippen LogP contribution in [0.5, 0.6) is 0 Å². The summed E-state index contributed by atoms with van der Waals surface area (Å²) in [6.45, 7) is 6.29. The highest BCUT2D eigenvalue weighted by Crippen LogP contribution is 2.34. The van der Waals surface area contributed by atoms with Gasteiger partial charge in [-0.05, 0) is 42.3 Å². The first-order valence-corrected chi connectivity index (χ1v) is 10.4. The number of hydrogen-bond donors (Lipinski definition) is 0. The molecule has 0 N–H and O–H groups in total. The van der Waals surface area contributed by atoms with Crippen molar-refractivity contribution in [3.8, 4) is 0 Å². The number of amides is 1. The predicted octanol–water partition coefficient (Wildman–Crippen LogP) is 1.81. The Kier molecular flexibility index (Phi) is 7.60. The highest BCUT2D eigenvalue weighted by atomic mass is 35.5. The molecule has 0 unspecified atom stereocenters. The Hall–Kier alpha value is -2.23. The number of para-hydroxylation sites is 1. The number of hydrogen-bond acceptors (Lipinski definition) is 6. The van der Waals surface area contributed by atoms with Gasteiger partial charge in [-0.25, -0.2) is 4.79 Å². The van der Waals surface area contributed by atoms with Crippen molar-refractivity contribution in [2.75, 3.05) is 38.2 Å². The maximum atomic E-state index is 13.1. The van der Waals surface area contributed by atoms with Gasteiger partial charge in [-0.2, -0.15) is 9.36 Å². The number of anilines is 1. The van der Waals surface area contributed by atoms with Crippen LogP contribution < -0.4 is 10.6 Å². The summed E-state index contributed by atoms with van der Waals surface area (Å²) in [4.78, 5) is 29.2. The summed E-state index contributed by atoms with van der Waals surface area (Å²) >= 11 is 0. The van der Waals surface area contributed by atoms with Crippen molar-refractivity contribution >= 4 is 24.0 Å². The zero-order valence-corrected chi connectivity index (χ0v) is 18.9. The number of aryl methyl sites for hydroxylation is 1. The van der Waals surface area contributed by atoms with Crippen molar-refractivity contribution in [1.82, 2.24) is 24.7 Å². The molecule has 0 saturated carbocycles. The van der Waals surface area contributed by atoms with E-state index in [4.69, 9.17) is 8.85 Å². The van der Waals surface area contributed by atoms with Crippen LogP contribution in [0.15, 0.2) is 35.1 Å². The normalized spacial score (nSPS) is 17.8. The number of tetrazole rings is 1. The number of aromatic nitrogens is 4. The van der Waals surface area contributed by atoms with Crippen LogP contribution in [0.4, 0.5) is 5.69 Å². The number of nitrogens with zero attached hydrogens (tertiary/aromatic N) is 6. The van der Waals surface area contributed by atoms with Crippen molar-refractivity contribution in [2.45, 2.75) is 51.7 Å². The van der Waals surface area contributed by atoms with Gasteiger partial charge in [0.2, 0.25) is 5.91 Å². The van der Waals surface area contributed by atoms with Gasteiger partial charge in [0, 0.05) is 45.3 Å². The Morgan fingerprint density at radius 1 is 1.16 bits per heavy atom. The van der Waals surface area contributed by atoms with Crippen molar-refractivity contribution < 1.29 is 13.6 Å². The smallest absolute Gasteiger partial charge is 0.363 e. The average molecular weight is 456 g/mol. The Balaban J connectivity index is 0.00000408. The summed E-state index contributed by atoms with van der Waals surface area (Å²) in [6, 6.07) is 9.32. The number of halogens is 1. The van der Waals surface area contributed by atoms with Gasteiger partial charge in [0.15, 0.2) is 0 Å². The van der Waals surface area contributed by atoms with E-state index in [-0.39, 0.29) is 30.6 Å². The number of likely N-dealkylation sites (tertiary alicyclic amines) is 1. The number of piperidine rings is 1. The number of carbonyl (C=O) groups excluding carboxylic acids is 1. The minimum Gasteiger partial charge on any atom is -0.382 e. The van der Waals surface area contributed by atoms with E-state index in [1.165, 1.54) is 9.36 Å². The number of rotatable bonds is 9. The van der Waals surface area contributed by atoms with Crippen molar-refractivity contribution in [2.24, 2.45) is 0 Å². The standard InChI is InChI=1S/C21H32N6O3.ClH/c1-4-19(28)27(18-9-7-6-8-10-18)21(17-30-3)11-13-24(14-12-21)15-16-26-20(29)25(5-2)22-23-26;/h6-10H,4-5,11-17H2,1-3H3;1H/i3D3;. The maximum absolute atomic E-state index is 13.1. The van der Waals surface area contributed by atoms with E-state index in [0.717, 1.165) is 5.69 Å². The van der Waals surface area contributed by atoms with Crippen molar-refractivity contribution in [3.05, 3.63) is 40.8 Å². The van der Waals surface area contributed by atoms with Gasteiger partial charge >= 0.3 is 5.69 Å². The highest BCUT2D eigenvalue weighted by molar-refractivity contribution is 5.94. The van der Waals surface area contributed by atoms with E-state index in [1.54, 1.807) is 11.8 Å². The van der Waals surface area contributed by atoms with E-state index in [1.807, 2.05) is 37.3 Å². The van der Waals surface area contributed by atoms with Crippen LogP contribution in [-0.4, -0.2) is 69.4 Å². The molecule has 0 aliphatic carbocycles. The molecule has 9 nitrogen and oxygen atoms in total. The minimum absolute atomic E-state index is 0. The molecule has 1 saturated heterocycles. The predicted molar refractivity (Wildman–Crippen MR) is 122 cm³/mol.